The van der Waals surface area contributed by atoms with Gasteiger partial charge in [-0.2, -0.15) is 0 Å². The molecule has 1 aliphatic heterocycles. The molecule has 192 valence electrons. The number of thioether (sulfide) groups is 1. The number of rotatable bonds is 2. The van der Waals surface area contributed by atoms with Crippen LogP contribution in [0, 0.1) is 13.8 Å². The highest BCUT2D eigenvalue weighted by Gasteiger charge is 2.42. The second-order valence-electron chi connectivity index (χ2n) is 11.5. The summed E-state index contributed by atoms with van der Waals surface area (Å²) in [7, 11) is 0. The van der Waals surface area contributed by atoms with Crippen LogP contribution in [0.5, 0.6) is 0 Å². The summed E-state index contributed by atoms with van der Waals surface area (Å²) in [6.45, 7) is 6.69. The van der Waals surface area contributed by atoms with Crippen molar-refractivity contribution in [1.82, 2.24) is 4.98 Å². The molecule has 2 aliphatic rings. The molecule has 0 saturated heterocycles. The van der Waals surface area contributed by atoms with E-state index in [1.54, 1.807) is 0 Å². The van der Waals surface area contributed by atoms with Crippen molar-refractivity contribution < 1.29 is 0 Å². The van der Waals surface area contributed by atoms with Crippen LogP contribution < -0.4 is 0 Å². The van der Waals surface area contributed by atoms with E-state index in [0.29, 0.717) is 5.92 Å². The zero-order chi connectivity index (χ0) is 27.0. The third kappa shape index (κ3) is 3.52. The van der Waals surface area contributed by atoms with Crippen molar-refractivity contribution in [2.75, 3.05) is 0 Å². The molecule has 40 heavy (non-hydrogen) atoms. The van der Waals surface area contributed by atoms with Crippen molar-refractivity contribution in [1.29, 1.82) is 0 Å². The molecule has 0 N–H and O–H groups in total. The SMILES string of the molecule is Cc1ccc2c(c1)c1ccc(-c3cccc(-c4cccc5c4SC4(C)C=CC=CC54)c3)nc1c1cc(C)ccc21. The first kappa shape index (κ1) is 23.7. The Morgan fingerprint density at radius 3 is 2.25 bits per heavy atom. The minimum atomic E-state index is 0.0744. The Labute approximate surface area is 239 Å². The van der Waals surface area contributed by atoms with Gasteiger partial charge in [-0.3, -0.25) is 0 Å². The van der Waals surface area contributed by atoms with E-state index in [4.69, 9.17) is 4.98 Å². The lowest BCUT2D eigenvalue weighted by atomic mass is 9.83. The Morgan fingerprint density at radius 2 is 1.40 bits per heavy atom. The maximum Gasteiger partial charge on any atom is 0.0794 e. The summed E-state index contributed by atoms with van der Waals surface area (Å²) in [5.41, 5.74) is 9.74. The Bertz CT molecular complexity index is 2080. The van der Waals surface area contributed by atoms with Gasteiger partial charge in [0.2, 0.25) is 0 Å². The lowest BCUT2D eigenvalue weighted by Gasteiger charge is -2.27. The van der Waals surface area contributed by atoms with Gasteiger partial charge in [-0.25, -0.2) is 4.98 Å². The molecule has 5 aromatic carbocycles. The fourth-order valence-electron chi connectivity index (χ4n) is 6.68. The van der Waals surface area contributed by atoms with E-state index < -0.39 is 0 Å². The van der Waals surface area contributed by atoms with E-state index in [9.17, 15) is 0 Å². The summed E-state index contributed by atoms with van der Waals surface area (Å²) in [6, 6.07) is 33.7. The summed E-state index contributed by atoms with van der Waals surface area (Å²) in [4.78, 5) is 6.75. The van der Waals surface area contributed by atoms with Crippen LogP contribution in [0.15, 0.2) is 120 Å². The van der Waals surface area contributed by atoms with Crippen molar-refractivity contribution in [3.63, 3.8) is 0 Å². The molecular weight excluding hydrogens is 502 g/mol. The summed E-state index contributed by atoms with van der Waals surface area (Å²) in [5.74, 6) is 0.415. The highest BCUT2D eigenvalue weighted by Crippen LogP contribution is 2.58. The van der Waals surface area contributed by atoms with Gasteiger partial charge in [-0.1, -0.05) is 102 Å². The zero-order valence-electron chi connectivity index (χ0n) is 22.9. The van der Waals surface area contributed by atoms with Crippen molar-refractivity contribution in [3.05, 3.63) is 132 Å². The Kier molecular flexibility index (Phi) is 5.15. The van der Waals surface area contributed by atoms with Gasteiger partial charge in [0.1, 0.15) is 0 Å². The van der Waals surface area contributed by atoms with Crippen molar-refractivity contribution in [2.24, 2.45) is 0 Å². The molecule has 0 saturated carbocycles. The van der Waals surface area contributed by atoms with Gasteiger partial charge in [0.15, 0.2) is 0 Å². The average molecular weight is 532 g/mol. The number of fused-ring (bicyclic) bond motifs is 9. The molecule has 0 amide bonds. The second kappa shape index (κ2) is 8.68. The number of allylic oxidation sites excluding steroid dienone is 3. The predicted molar refractivity (Wildman–Crippen MR) is 172 cm³/mol. The van der Waals surface area contributed by atoms with Crippen LogP contribution in [0.1, 0.15) is 29.5 Å². The van der Waals surface area contributed by atoms with Gasteiger partial charge in [-0.05, 0) is 77.9 Å². The predicted octanol–water partition coefficient (Wildman–Crippen LogP) is 10.6. The maximum absolute atomic E-state index is 5.35. The lowest BCUT2D eigenvalue weighted by Crippen LogP contribution is -2.22. The van der Waals surface area contributed by atoms with Gasteiger partial charge in [0, 0.05) is 31.9 Å². The van der Waals surface area contributed by atoms with E-state index in [-0.39, 0.29) is 4.75 Å². The first-order valence-electron chi connectivity index (χ1n) is 14.0. The molecule has 8 rings (SSSR count). The first-order valence-corrected chi connectivity index (χ1v) is 14.8. The third-order valence-electron chi connectivity index (χ3n) is 8.71. The molecule has 0 spiro atoms. The molecule has 2 unspecified atom stereocenters. The van der Waals surface area contributed by atoms with Gasteiger partial charge in [0.25, 0.3) is 0 Å². The lowest BCUT2D eigenvalue weighted by molar-refractivity contribution is 0.702. The molecule has 2 atom stereocenters. The zero-order valence-corrected chi connectivity index (χ0v) is 23.7. The van der Waals surface area contributed by atoms with Crippen molar-refractivity contribution in [3.8, 4) is 22.4 Å². The Morgan fingerprint density at radius 1 is 0.675 bits per heavy atom. The monoisotopic (exact) mass is 531 g/mol. The van der Waals surface area contributed by atoms with E-state index in [1.807, 2.05) is 11.8 Å². The van der Waals surface area contributed by atoms with Gasteiger partial charge < -0.3 is 0 Å². The van der Waals surface area contributed by atoms with Gasteiger partial charge in [-0.15, -0.1) is 11.8 Å². The minimum Gasteiger partial charge on any atom is -0.247 e. The summed E-state index contributed by atoms with van der Waals surface area (Å²) < 4.78 is 0.0744. The number of hydrogen-bond acceptors (Lipinski definition) is 2. The molecule has 0 radical (unpaired) electrons. The van der Waals surface area contributed by atoms with Crippen LogP contribution >= 0.6 is 11.8 Å². The van der Waals surface area contributed by atoms with E-state index in [2.05, 4.69) is 136 Å². The first-order chi connectivity index (χ1) is 19.5. The largest absolute Gasteiger partial charge is 0.247 e. The topological polar surface area (TPSA) is 12.9 Å². The molecule has 2 heterocycles. The fraction of sp³-hybridized carbons (Fsp3) is 0.132. The maximum atomic E-state index is 5.35. The second-order valence-corrected chi connectivity index (χ2v) is 13.0. The molecule has 0 fully saturated rings. The smallest absolute Gasteiger partial charge is 0.0794 e. The number of pyridine rings is 1. The van der Waals surface area contributed by atoms with Crippen molar-refractivity contribution in [2.45, 2.75) is 36.3 Å². The quantitative estimate of drug-likeness (QED) is 0.206. The standard InChI is InChI=1S/C38H29NS/c1-23-13-15-28-29-16-14-24(2)21-33(29)36-30(32(28)20-23)17-18-35(39-36)26-9-6-8-25(22-26)27-10-7-11-31-34-12-4-5-19-38(34,3)40-37(27)31/h4-22,34H,1-3H3. The molecular formula is C38H29NS. The molecule has 0 bridgehead atoms. The van der Waals surface area contributed by atoms with Gasteiger partial charge >= 0.3 is 0 Å². The number of benzene rings is 5. The highest BCUT2D eigenvalue weighted by molar-refractivity contribution is 8.01. The van der Waals surface area contributed by atoms with E-state index >= 15 is 0 Å². The molecule has 1 nitrogen and oxygen atoms in total. The summed E-state index contributed by atoms with van der Waals surface area (Å²) in [6.07, 6.45) is 9.10. The Hall–Kier alpha value is -4.14. The number of nitrogens with zero attached hydrogens (tertiary/aromatic N) is 1. The number of hydrogen-bond donors (Lipinski definition) is 0. The number of aromatic nitrogens is 1. The van der Waals surface area contributed by atoms with E-state index in [1.165, 1.54) is 59.6 Å². The average Bonchev–Trinajstić information content (AvgIpc) is 3.29. The van der Waals surface area contributed by atoms with Crippen LogP contribution in [-0.4, -0.2) is 9.73 Å². The number of aryl methyl sites for hydroxylation is 2. The highest BCUT2D eigenvalue weighted by atomic mass is 32.2. The Balaban J connectivity index is 1.30. The van der Waals surface area contributed by atoms with Crippen LogP contribution in [-0.2, 0) is 0 Å². The summed E-state index contributed by atoms with van der Waals surface area (Å²) in [5, 5.41) is 6.26. The fourth-order valence-corrected chi connectivity index (χ4v) is 8.21. The molecule has 2 heteroatoms. The minimum absolute atomic E-state index is 0.0744. The molecule has 1 aliphatic carbocycles. The normalized spacial score (nSPS) is 19.4. The third-order valence-corrected chi connectivity index (χ3v) is 10.2. The van der Waals surface area contributed by atoms with Crippen LogP contribution in [0.4, 0.5) is 0 Å². The molecule has 6 aromatic rings. The van der Waals surface area contributed by atoms with Crippen LogP contribution in [0.2, 0.25) is 0 Å². The van der Waals surface area contributed by atoms with Crippen LogP contribution in [0.3, 0.4) is 0 Å². The molecule has 1 aromatic heterocycles. The van der Waals surface area contributed by atoms with Gasteiger partial charge in [0.05, 0.1) is 11.2 Å². The van der Waals surface area contributed by atoms with E-state index in [0.717, 1.165) is 16.8 Å². The van der Waals surface area contributed by atoms with Crippen molar-refractivity contribution >= 4 is 44.2 Å². The van der Waals surface area contributed by atoms with Crippen LogP contribution in [0.25, 0.3) is 54.8 Å². The summed E-state index contributed by atoms with van der Waals surface area (Å²) >= 11 is 2.00.